The van der Waals surface area contributed by atoms with Crippen molar-refractivity contribution in [3.05, 3.63) is 30.3 Å². The minimum absolute atomic E-state index is 0.174. The molecule has 0 aromatic heterocycles. The first-order valence-electron chi connectivity index (χ1n) is 12.1. The Hall–Kier alpha value is -1.75. The van der Waals surface area contributed by atoms with E-state index in [9.17, 15) is 9.90 Å². The van der Waals surface area contributed by atoms with Crippen LogP contribution in [0.15, 0.2) is 30.3 Å². The van der Waals surface area contributed by atoms with Gasteiger partial charge >= 0.3 is 6.03 Å². The fraction of sp³-hybridized carbons (Fsp3) is 0.720. The fourth-order valence-corrected chi connectivity index (χ4v) is 8.10. The van der Waals surface area contributed by atoms with E-state index in [0.29, 0.717) is 35.9 Å². The normalized spacial score (nSPS) is 43.7. The number of hydrogen-bond acceptors (Lipinski definition) is 3. The summed E-state index contributed by atoms with van der Waals surface area (Å²) in [6, 6.07) is 12.3. The van der Waals surface area contributed by atoms with E-state index in [-0.39, 0.29) is 12.1 Å². The lowest BCUT2D eigenvalue weighted by molar-refractivity contribution is -0.137. The van der Waals surface area contributed by atoms with Crippen LogP contribution in [-0.2, 0) is 0 Å². The van der Waals surface area contributed by atoms with Crippen molar-refractivity contribution in [1.82, 2.24) is 10.2 Å². The van der Waals surface area contributed by atoms with E-state index in [1.807, 2.05) is 0 Å². The SMILES string of the molecule is CN(c1ccccc1)C1C[C@H]2CC[C@@H](C1)N2C(=O)NC1C2CC3CC1CC(O)(C3)C2. The molecule has 1 aromatic carbocycles. The molecule has 6 fully saturated rings. The van der Waals surface area contributed by atoms with E-state index in [0.717, 1.165) is 44.9 Å². The molecule has 0 radical (unpaired) electrons. The van der Waals surface area contributed by atoms with Gasteiger partial charge < -0.3 is 20.2 Å². The molecule has 1 aromatic rings. The fourth-order valence-electron chi connectivity index (χ4n) is 8.10. The molecule has 162 valence electrons. The van der Waals surface area contributed by atoms with Crippen molar-refractivity contribution in [2.45, 2.75) is 87.6 Å². The predicted molar refractivity (Wildman–Crippen MR) is 117 cm³/mol. The Balaban J connectivity index is 1.13. The highest BCUT2D eigenvalue weighted by Crippen LogP contribution is 2.55. The van der Waals surface area contributed by atoms with Crippen LogP contribution in [0.3, 0.4) is 0 Å². The summed E-state index contributed by atoms with van der Waals surface area (Å²) in [5.74, 6) is 1.63. The second-order valence-corrected chi connectivity index (χ2v) is 11.0. The van der Waals surface area contributed by atoms with Gasteiger partial charge in [0.05, 0.1) is 5.60 Å². The highest BCUT2D eigenvalue weighted by molar-refractivity contribution is 5.76. The van der Waals surface area contributed by atoms with Crippen LogP contribution >= 0.6 is 0 Å². The third-order valence-electron chi connectivity index (χ3n) is 9.18. The summed E-state index contributed by atoms with van der Waals surface area (Å²) in [6.07, 6.45) is 9.56. The largest absolute Gasteiger partial charge is 0.390 e. The molecule has 4 saturated carbocycles. The molecule has 3 unspecified atom stereocenters. The maximum Gasteiger partial charge on any atom is 0.318 e. The standard InChI is InChI=1S/C25H35N3O2/c1-27(19-5-3-2-4-6-19)22-11-20-7-8-21(12-22)28(20)24(29)26-23-17-9-16-10-18(23)15-25(30,13-16)14-17/h2-6,16-18,20-23,30H,7-15H2,1H3,(H,26,29)/t16?,17?,18?,20-,21+,22?,23?,25?. The van der Waals surface area contributed by atoms with Gasteiger partial charge in [-0.05, 0) is 87.7 Å². The Morgan fingerprint density at radius 2 is 1.67 bits per heavy atom. The molecule has 5 nitrogen and oxygen atoms in total. The van der Waals surface area contributed by atoms with Crippen molar-refractivity contribution >= 4 is 11.7 Å². The zero-order chi connectivity index (χ0) is 20.5. The van der Waals surface area contributed by atoms with E-state index in [1.165, 1.54) is 18.5 Å². The predicted octanol–water partition coefficient (Wildman–Crippen LogP) is 3.77. The minimum Gasteiger partial charge on any atom is -0.390 e. The first kappa shape index (κ1) is 19.0. The van der Waals surface area contributed by atoms with Gasteiger partial charge in [-0.3, -0.25) is 0 Å². The molecule has 7 rings (SSSR count). The summed E-state index contributed by atoms with van der Waals surface area (Å²) in [4.78, 5) is 18.0. The van der Waals surface area contributed by atoms with Crippen molar-refractivity contribution in [2.24, 2.45) is 17.8 Å². The number of amides is 2. The number of nitrogens with one attached hydrogen (secondary N) is 1. The average Bonchev–Trinajstić information content (AvgIpc) is 2.99. The highest BCUT2D eigenvalue weighted by Gasteiger charge is 2.55. The molecular formula is C25H35N3O2. The zero-order valence-corrected chi connectivity index (χ0v) is 18.0. The highest BCUT2D eigenvalue weighted by atomic mass is 16.3. The van der Waals surface area contributed by atoms with Crippen LogP contribution < -0.4 is 10.2 Å². The maximum atomic E-state index is 13.4. The topological polar surface area (TPSA) is 55.8 Å². The number of hydrogen-bond donors (Lipinski definition) is 2. The average molecular weight is 410 g/mol. The van der Waals surface area contributed by atoms with Gasteiger partial charge in [0, 0.05) is 36.9 Å². The lowest BCUT2D eigenvalue weighted by Crippen LogP contribution is -2.64. The molecule has 0 spiro atoms. The number of carbonyl (C=O) groups excluding carboxylic acids is 1. The van der Waals surface area contributed by atoms with Gasteiger partial charge in [0.2, 0.25) is 0 Å². The summed E-state index contributed by atoms with van der Waals surface area (Å²) < 4.78 is 0. The number of urea groups is 1. The Morgan fingerprint density at radius 3 is 2.27 bits per heavy atom. The van der Waals surface area contributed by atoms with Gasteiger partial charge in [-0.25, -0.2) is 4.79 Å². The van der Waals surface area contributed by atoms with Crippen LogP contribution in [0.5, 0.6) is 0 Å². The number of rotatable bonds is 3. The number of benzene rings is 1. The molecule has 30 heavy (non-hydrogen) atoms. The maximum absolute atomic E-state index is 13.4. The molecular weight excluding hydrogens is 374 g/mol. The van der Waals surface area contributed by atoms with Gasteiger partial charge in [0.25, 0.3) is 0 Å². The van der Waals surface area contributed by atoms with Crippen molar-refractivity contribution in [1.29, 1.82) is 0 Å². The lowest BCUT2D eigenvalue weighted by atomic mass is 9.52. The molecule has 4 aliphatic carbocycles. The van der Waals surface area contributed by atoms with E-state index in [4.69, 9.17) is 0 Å². The summed E-state index contributed by atoms with van der Waals surface area (Å²) in [6.45, 7) is 0. The van der Waals surface area contributed by atoms with Crippen LogP contribution in [-0.4, -0.2) is 52.9 Å². The van der Waals surface area contributed by atoms with E-state index in [1.54, 1.807) is 0 Å². The van der Waals surface area contributed by atoms with Crippen molar-refractivity contribution in [3.63, 3.8) is 0 Å². The van der Waals surface area contributed by atoms with Gasteiger partial charge in [-0.1, -0.05) is 18.2 Å². The van der Waals surface area contributed by atoms with Crippen molar-refractivity contribution in [2.75, 3.05) is 11.9 Å². The number of piperidine rings is 1. The molecule has 2 heterocycles. The summed E-state index contributed by atoms with van der Waals surface area (Å²) in [5.41, 5.74) is 0.836. The minimum atomic E-state index is -0.433. The molecule has 2 aliphatic heterocycles. The number of para-hydroxylation sites is 1. The monoisotopic (exact) mass is 409 g/mol. The van der Waals surface area contributed by atoms with Crippen LogP contribution in [0.25, 0.3) is 0 Å². The van der Waals surface area contributed by atoms with Crippen LogP contribution in [0.1, 0.15) is 57.8 Å². The van der Waals surface area contributed by atoms with Gasteiger partial charge in [0.1, 0.15) is 0 Å². The van der Waals surface area contributed by atoms with E-state index >= 15 is 0 Å². The second-order valence-electron chi connectivity index (χ2n) is 11.0. The van der Waals surface area contributed by atoms with Crippen LogP contribution in [0.2, 0.25) is 0 Å². The molecule has 6 bridgehead atoms. The number of anilines is 1. The first-order chi connectivity index (χ1) is 14.5. The molecule has 5 atom stereocenters. The van der Waals surface area contributed by atoms with E-state index in [2.05, 4.69) is 52.5 Å². The second kappa shape index (κ2) is 6.88. The Morgan fingerprint density at radius 1 is 1.03 bits per heavy atom. The zero-order valence-electron chi connectivity index (χ0n) is 18.0. The molecule has 5 heteroatoms. The van der Waals surface area contributed by atoms with Crippen molar-refractivity contribution in [3.8, 4) is 0 Å². The smallest absolute Gasteiger partial charge is 0.318 e. The first-order valence-corrected chi connectivity index (χ1v) is 12.1. The summed E-state index contributed by atoms with van der Waals surface area (Å²) >= 11 is 0. The Labute approximate surface area is 179 Å². The number of fused-ring (bicyclic) bond motifs is 2. The Kier molecular flexibility index (Phi) is 4.35. The van der Waals surface area contributed by atoms with Gasteiger partial charge in [0.15, 0.2) is 0 Å². The molecule has 2 N–H and O–H groups in total. The third-order valence-corrected chi connectivity index (χ3v) is 9.18. The quantitative estimate of drug-likeness (QED) is 0.799. The lowest BCUT2D eigenvalue weighted by Gasteiger charge is -2.58. The van der Waals surface area contributed by atoms with Crippen molar-refractivity contribution < 1.29 is 9.90 Å². The number of carbonyl (C=O) groups is 1. The van der Waals surface area contributed by atoms with Crippen LogP contribution in [0, 0.1) is 17.8 Å². The molecule has 2 saturated heterocycles. The number of nitrogens with zero attached hydrogens (tertiary/aromatic N) is 2. The molecule has 2 amide bonds. The summed E-state index contributed by atoms with van der Waals surface area (Å²) in [7, 11) is 2.20. The molecule has 6 aliphatic rings. The van der Waals surface area contributed by atoms with Gasteiger partial charge in [-0.15, -0.1) is 0 Å². The van der Waals surface area contributed by atoms with Gasteiger partial charge in [-0.2, -0.15) is 0 Å². The van der Waals surface area contributed by atoms with Crippen LogP contribution in [0.4, 0.5) is 10.5 Å². The third kappa shape index (κ3) is 3.04. The summed E-state index contributed by atoms with van der Waals surface area (Å²) in [5, 5.41) is 14.3. The Bertz CT molecular complexity index is 784. The van der Waals surface area contributed by atoms with E-state index < -0.39 is 5.60 Å². The number of aliphatic hydroxyl groups is 1.